The largest absolute Gasteiger partial charge is 0.478 e. The SMILES string of the molecule is COCCCN(C)Cc1ccc(C(=O)O)cn1. The molecule has 0 saturated heterocycles. The van der Waals surface area contributed by atoms with Crippen LogP contribution in [-0.2, 0) is 11.3 Å². The molecule has 0 aliphatic rings. The molecular formula is C12H18N2O3. The number of carboxylic acids is 1. The molecule has 17 heavy (non-hydrogen) atoms. The van der Waals surface area contributed by atoms with Gasteiger partial charge >= 0.3 is 5.97 Å². The highest BCUT2D eigenvalue weighted by molar-refractivity contribution is 5.87. The van der Waals surface area contributed by atoms with Crippen molar-refractivity contribution in [3.05, 3.63) is 29.6 Å². The number of hydrogen-bond acceptors (Lipinski definition) is 4. The fourth-order valence-electron chi connectivity index (χ4n) is 1.48. The fraction of sp³-hybridized carbons (Fsp3) is 0.500. The summed E-state index contributed by atoms with van der Waals surface area (Å²) in [4.78, 5) is 16.9. The molecule has 1 aromatic rings. The Bertz CT molecular complexity index is 351. The molecule has 0 unspecified atom stereocenters. The molecule has 1 N–H and O–H groups in total. The minimum atomic E-state index is -0.947. The summed E-state index contributed by atoms with van der Waals surface area (Å²) < 4.78 is 4.98. The first-order valence-electron chi connectivity index (χ1n) is 5.49. The van der Waals surface area contributed by atoms with Gasteiger partial charge < -0.3 is 14.7 Å². The minimum absolute atomic E-state index is 0.218. The zero-order valence-corrected chi connectivity index (χ0v) is 10.2. The minimum Gasteiger partial charge on any atom is -0.478 e. The van der Waals surface area contributed by atoms with Gasteiger partial charge in [-0.2, -0.15) is 0 Å². The molecule has 1 heterocycles. The summed E-state index contributed by atoms with van der Waals surface area (Å²) >= 11 is 0. The molecule has 0 saturated carbocycles. The molecule has 5 nitrogen and oxygen atoms in total. The molecule has 0 radical (unpaired) electrons. The van der Waals surface area contributed by atoms with Crippen molar-refractivity contribution < 1.29 is 14.6 Å². The van der Waals surface area contributed by atoms with Crippen molar-refractivity contribution in [1.82, 2.24) is 9.88 Å². The van der Waals surface area contributed by atoms with Crippen LogP contribution in [0.1, 0.15) is 22.5 Å². The highest BCUT2D eigenvalue weighted by Crippen LogP contribution is 2.03. The molecule has 5 heteroatoms. The van der Waals surface area contributed by atoms with Gasteiger partial charge in [0.05, 0.1) is 11.3 Å². The van der Waals surface area contributed by atoms with Crippen LogP contribution in [-0.4, -0.2) is 48.3 Å². The van der Waals surface area contributed by atoms with E-state index in [2.05, 4.69) is 9.88 Å². The quantitative estimate of drug-likeness (QED) is 0.724. The normalized spacial score (nSPS) is 10.8. The van der Waals surface area contributed by atoms with E-state index in [1.807, 2.05) is 7.05 Å². The molecule has 0 spiro atoms. The Morgan fingerprint density at radius 1 is 1.53 bits per heavy atom. The highest BCUT2D eigenvalue weighted by Gasteiger charge is 2.04. The third-order valence-electron chi connectivity index (χ3n) is 2.39. The molecule has 0 aliphatic carbocycles. The number of carbonyl (C=O) groups is 1. The van der Waals surface area contributed by atoms with E-state index in [-0.39, 0.29) is 5.56 Å². The van der Waals surface area contributed by atoms with Gasteiger partial charge in [-0.25, -0.2) is 4.79 Å². The van der Waals surface area contributed by atoms with Crippen molar-refractivity contribution in [3.8, 4) is 0 Å². The van der Waals surface area contributed by atoms with Gasteiger partial charge in [-0.1, -0.05) is 0 Å². The molecule has 1 rings (SSSR count). The van der Waals surface area contributed by atoms with Gasteiger partial charge in [0.15, 0.2) is 0 Å². The van der Waals surface area contributed by atoms with E-state index in [1.165, 1.54) is 6.20 Å². The number of carboxylic acid groups (broad SMARTS) is 1. The lowest BCUT2D eigenvalue weighted by Crippen LogP contribution is -2.20. The van der Waals surface area contributed by atoms with E-state index in [0.717, 1.165) is 25.3 Å². The summed E-state index contributed by atoms with van der Waals surface area (Å²) in [5, 5.41) is 8.74. The third-order valence-corrected chi connectivity index (χ3v) is 2.39. The average molecular weight is 238 g/mol. The maximum Gasteiger partial charge on any atom is 0.337 e. The number of nitrogens with zero attached hydrogens (tertiary/aromatic N) is 2. The average Bonchev–Trinajstić information content (AvgIpc) is 2.30. The molecule has 1 aromatic heterocycles. The fourth-order valence-corrected chi connectivity index (χ4v) is 1.48. The molecule has 0 aromatic carbocycles. The van der Waals surface area contributed by atoms with Crippen LogP contribution in [0.4, 0.5) is 0 Å². The van der Waals surface area contributed by atoms with Crippen LogP contribution in [0.5, 0.6) is 0 Å². The van der Waals surface area contributed by atoms with Crippen LogP contribution in [0.25, 0.3) is 0 Å². The summed E-state index contributed by atoms with van der Waals surface area (Å²) in [6, 6.07) is 3.32. The van der Waals surface area contributed by atoms with E-state index in [0.29, 0.717) is 6.54 Å². The first-order chi connectivity index (χ1) is 8.13. The summed E-state index contributed by atoms with van der Waals surface area (Å²) in [5.74, 6) is -0.947. The summed E-state index contributed by atoms with van der Waals surface area (Å²) in [6.45, 7) is 2.38. The Morgan fingerprint density at radius 2 is 2.29 bits per heavy atom. The van der Waals surface area contributed by atoms with Gasteiger partial charge in [-0.05, 0) is 25.6 Å². The van der Waals surface area contributed by atoms with Gasteiger partial charge in [0.1, 0.15) is 0 Å². The van der Waals surface area contributed by atoms with Gasteiger partial charge in [0.2, 0.25) is 0 Å². The van der Waals surface area contributed by atoms with E-state index in [4.69, 9.17) is 9.84 Å². The molecule has 0 fully saturated rings. The number of pyridine rings is 1. The Labute approximate surface area is 101 Å². The predicted octanol–water partition coefficient (Wildman–Crippen LogP) is 1.25. The van der Waals surface area contributed by atoms with Crippen LogP contribution in [0, 0.1) is 0 Å². The van der Waals surface area contributed by atoms with Crippen LogP contribution in [0.15, 0.2) is 18.3 Å². The molecule has 0 atom stereocenters. The Hall–Kier alpha value is -1.46. The van der Waals surface area contributed by atoms with E-state index < -0.39 is 5.97 Å². The van der Waals surface area contributed by atoms with Crippen LogP contribution >= 0.6 is 0 Å². The molecule has 0 amide bonds. The number of hydrogen-bond donors (Lipinski definition) is 1. The van der Waals surface area contributed by atoms with E-state index in [1.54, 1.807) is 19.2 Å². The highest BCUT2D eigenvalue weighted by atomic mass is 16.5. The number of rotatable bonds is 7. The first kappa shape index (κ1) is 13.6. The van der Waals surface area contributed by atoms with Crippen LogP contribution in [0.2, 0.25) is 0 Å². The van der Waals surface area contributed by atoms with Gasteiger partial charge in [0.25, 0.3) is 0 Å². The molecule has 0 bridgehead atoms. The summed E-state index contributed by atoms with van der Waals surface area (Å²) in [5.41, 5.74) is 1.09. The van der Waals surface area contributed by atoms with E-state index >= 15 is 0 Å². The smallest absolute Gasteiger partial charge is 0.337 e. The molecule has 94 valence electrons. The van der Waals surface area contributed by atoms with Crippen molar-refractivity contribution >= 4 is 5.97 Å². The number of methoxy groups -OCH3 is 1. The lowest BCUT2D eigenvalue weighted by molar-refractivity contribution is 0.0696. The Morgan fingerprint density at radius 3 is 2.82 bits per heavy atom. The second-order valence-corrected chi connectivity index (χ2v) is 3.93. The van der Waals surface area contributed by atoms with Gasteiger partial charge in [0, 0.05) is 33.0 Å². The monoisotopic (exact) mass is 238 g/mol. The van der Waals surface area contributed by atoms with Crippen molar-refractivity contribution in [3.63, 3.8) is 0 Å². The van der Waals surface area contributed by atoms with Gasteiger partial charge in [-0.15, -0.1) is 0 Å². The predicted molar refractivity (Wildman–Crippen MR) is 64.0 cm³/mol. The van der Waals surface area contributed by atoms with Crippen molar-refractivity contribution in [1.29, 1.82) is 0 Å². The molecular weight excluding hydrogens is 220 g/mol. The molecule has 0 aliphatic heterocycles. The van der Waals surface area contributed by atoms with Gasteiger partial charge in [-0.3, -0.25) is 4.98 Å². The van der Waals surface area contributed by atoms with Crippen LogP contribution < -0.4 is 0 Å². The first-order valence-corrected chi connectivity index (χ1v) is 5.49. The van der Waals surface area contributed by atoms with Crippen molar-refractivity contribution in [2.24, 2.45) is 0 Å². The standard InChI is InChI=1S/C12H18N2O3/c1-14(6-3-7-17-2)9-11-5-4-10(8-13-11)12(15)16/h4-5,8H,3,6-7,9H2,1-2H3,(H,15,16). The lowest BCUT2D eigenvalue weighted by atomic mass is 10.2. The van der Waals surface area contributed by atoms with Crippen molar-refractivity contribution in [2.75, 3.05) is 27.3 Å². The zero-order chi connectivity index (χ0) is 12.7. The van der Waals surface area contributed by atoms with Crippen LogP contribution in [0.3, 0.4) is 0 Å². The Kier molecular flexibility index (Phi) is 5.59. The summed E-state index contributed by atoms with van der Waals surface area (Å²) in [6.07, 6.45) is 2.36. The van der Waals surface area contributed by atoms with Crippen molar-refractivity contribution in [2.45, 2.75) is 13.0 Å². The summed E-state index contributed by atoms with van der Waals surface area (Å²) in [7, 11) is 3.69. The maximum absolute atomic E-state index is 10.6. The lowest BCUT2D eigenvalue weighted by Gasteiger charge is -2.15. The number of aromatic nitrogens is 1. The Balaban J connectivity index is 2.43. The second kappa shape index (κ2) is 6.98. The zero-order valence-electron chi connectivity index (χ0n) is 10.2. The number of ether oxygens (including phenoxy) is 1. The maximum atomic E-state index is 10.6. The third kappa shape index (κ3) is 4.93. The number of aromatic carboxylic acids is 1. The second-order valence-electron chi connectivity index (χ2n) is 3.93. The van der Waals surface area contributed by atoms with E-state index in [9.17, 15) is 4.79 Å². The topological polar surface area (TPSA) is 62.7 Å².